The number of hydrogen-bond donors (Lipinski definition) is 1. The molecule has 1 aliphatic rings. The minimum atomic E-state index is -1.62. The fraction of sp³-hybridized carbons (Fsp3) is 0.267. The van der Waals surface area contributed by atoms with Gasteiger partial charge in [-0.15, -0.1) is 0 Å². The van der Waals surface area contributed by atoms with Gasteiger partial charge in [0.15, 0.2) is 17.1 Å². The van der Waals surface area contributed by atoms with Crippen LogP contribution in [0.25, 0.3) is 0 Å². The van der Waals surface area contributed by atoms with E-state index < -0.39 is 11.4 Å². The highest BCUT2D eigenvalue weighted by Gasteiger charge is 2.54. The molecule has 4 heteroatoms. The molecule has 98 valence electrons. The molecule has 0 amide bonds. The number of para-hydroxylation sites is 2. The van der Waals surface area contributed by atoms with Gasteiger partial charge in [0.25, 0.3) is 5.79 Å². The van der Waals surface area contributed by atoms with Gasteiger partial charge in [-0.25, -0.2) is 0 Å². The maximum Gasteiger partial charge on any atom is 0.291 e. The van der Waals surface area contributed by atoms with Crippen molar-refractivity contribution >= 4 is 0 Å². The van der Waals surface area contributed by atoms with E-state index in [2.05, 4.69) is 4.98 Å². The highest BCUT2D eigenvalue weighted by Crippen LogP contribution is 2.46. The molecule has 0 spiro atoms. The van der Waals surface area contributed by atoms with Gasteiger partial charge in [0.2, 0.25) is 0 Å². The standard InChI is InChI=1S/C15H15NO3/c1-14(2)15(17,13-9-5-6-10-16-13)19-12-8-4-3-7-11(12)18-14/h3-10,17H,1-2H3/t15-/m0/s1. The van der Waals surface area contributed by atoms with Gasteiger partial charge in [0.1, 0.15) is 5.69 Å². The van der Waals surface area contributed by atoms with E-state index in [4.69, 9.17) is 9.47 Å². The molecular weight excluding hydrogens is 242 g/mol. The quantitative estimate of drug-likeness (QED) is 0.852. The van der Waals surface area contributed by atoms with E-state index in [9.17, 15) is 5.11 Å². The summed E-state index contributed by atoms with van der Waals surface area (Å²) in [5.41, 5.74) is -0.523. The summed E-state index contributed by atoms with van der Waals surface area (Å²) in [7, 11) is 0. The van der Waals surface area contributed by atoms with Crippen molar-refractivity contribution in [3.63, 3.8) is 0 Å². The molecule has 1 aromatic heterocycles. The first kappa shape index (κ1) is 12.0. The van der Waals surface area contributed by atoms with E-state index in [0.29, 0.717) is 17.2 Å². The Morgan fingerprint density at radius 1 is 0.947 bits per heavy atom. The van der Waals surface area contributed by atoms with Crippen LogP contribution in [-0.2, 0) is 5.79 Å². The molecule has 0 saturated carbocycles. The molecule has 19 heavy (non-hydrogen) atoms. The SMILES string of the molecule is CC1(C)Oc2ccccc2O[C@@]1(O)c1ccccn1. The summed E-state index contributed by atoms with van der Waals surface area (Å²) in [6, 6.07) is 12.6. The zero-order valence-corrected chi connectivity index (χ0v) is 10.8. The average molecular weight is 257 g/mol. The Morgan fingerprint density at radius 3 is 2.21 bits per heavy atom. The highest BCUT2D eigenvalue weighted by atomic mass is 16.7. The van der Waals surface area contributed by atoms with Gasteiger partial charge in [0, 0.05) is 6.20 Å². The monoisotopic (exact) mass is 257 g/mol. The van der Waals surface area contributed by atoms with E-state index in [1.54, 1.807) is 44.3 Å². The Morgan fingerprint density at radius 2 is 1.58 bits per heavy atom. The molecule has 3 rings (SSSR count). The molecule has 0 unspecified atom stereocenters. The molecule has 0 saturated heterocycles. The molecule has 1 aromatic carbocycles. The molecule has 0 radical (unpaired) electrons. The summed E-state index contributed by atoms with van der Waals surface area (Å²) in [5.74, 6) is -0.495. The van der Waals surface area contributed by atoms with Gasteiger partial charge < -0.3 is 14.6 Å². The average Bonchev–Trinajstić information content (AvgIpc) is 2.40. The minimum Gasteiger partial charge on any atom is -0.477 e. The number of fused-ring (bicyclic) bond motifs is 1. The number of aliphatic hydroxyl groups is 1. The lowest BCUT2D eigenvalue weighted by molar-refractivity contribution is -0.261. The van der Waals surface area contributed by atoms with Gasteiger partial charge in [-0.2, -0.15) is 0 Å². The predicted molar refractivity (Wildman–Crippen MR) is 69.9 cm³/mol. The van der Waals surface area contributed by atoms with Crippen molar-refractivity contribution in [3.8, 4) is 11.5 Å². The number of rotatable bonds is 1. The Kier molecular flexibility index (Phi) is 2.50. The van der Waals surface area contributed by atoms with Crippen molar-refractivity contribution < 1.29 is 14.6 Å². The topological polar surface area (TPSA) is 51.6 Å². The molecule has 4 nitrogen and oxygen atoms in total. The second-order valence-electron chi connectivity index (χ2n) is 5.02. The first-order valence-electron chi connectivity index (χ1n) is 6.14. The van der Waals surface area contributed by atoms with E-state index in [0.717, 1.165) is 0 Å². The van der Waals surface area contributed by atoms with E-state index in [-0.39, 0.29) is 0 Å². The zero-order chi connectivity index (χ0) is 13.5. The van der Waals surface area contributed by atoms with Crippen molar-refractivity contribution in [2.24, 2.45) is 0 Å². The molecular formula is C15H15NO3. The number of hydrogen-bond acceptors (Lipinski definition) is 4. The summed E-state index contributed by atoms with van der Waals surface area (Å²) in [4.78, 5) is 4.19. The minimum absolute atomic E-state index is 0.425. The van der Waals surface area contributed by atoms with Crippen LogP contribution in [0.1, 0.15) is 19.5 Å². The predicted octanol–water partition coefficient (Wildman–Crippen LogP) is 2.48. The van der Waals surface area contributed by atoms with E-state index in [1.807, 2.05) is 18.2 Å². The fourth-order valence-electron chi connectivity index (χ4n) is 2.17. The Labute approximate surface area is 111 Å². The van der Waals surface area contributed by atoms with Crippen LogP contribution in [0.5, 0.6) is 11.5 Å². The van der Waals surface area contributed by atoms with Crippen LogP contribution in [0, 0.1) is 0 Å². The summed E-state index contributed by atoms with van der Waals surface area (Å²) < 4.78 is 11.7. The zero-order valence-electron chi connectivity index (χ0n) is 10.8. The Balaban J connectivity index is 2.12. The van der Waals surface area contributed by atoms with Crippen LogP contribution >= 0.6 is 0 Å². The third-order valence-electron chi connectivity index (χ3n) is 3.30. The normalized spacial score (nSPS) is 23.9. The fourth-order valence-corrected chi connectivity index (χ4v) is 2.17. The van der Waals surface area contributed by atoms with Gasteiger partial charge >= 0.3 is 0 Å². The maximum absolute atomic E-state index is 10.9. The number of ether oxygens (including phenoxy) is 2. The van der Waals surface area contributed by atoms with Crippen molar-refractivity contribution in [1.29, 1.82) is 0 Å². The van der Waals surface area contributed by atoms with Gasteiger partial charge in [-0.05, 0) is 38.1 Å². The molecule has 2 heterocycles. The van der Waals surface area contributed by atoms with E-state index in [1.165, 1.54) is 0 Å². The second kappa shape index (κ2) is 3.96. The van der Waals surface area contributed by atoms with E-state index >= 15 is 0 Å². The second-order valence-corrected chi connectivity index (χ2v) is 5.02. The third kappa shape index (κ3) is 1.76. The molecule has 0 bridgehead atoms. The smallest absolute Gasteiger partial charge is 0.291 e. The van der Waals surface area contributed by atoms with Gasteiger partial charge in [-0.3, -0.25) is 4.98 Å². The van der Waals surface area contributed by atoms with Crippen molar-refractivity contribution in [3.05, 3.63) is 54.4 Å². The van der Waals surface area contributed by atoms with Crippen molar-refractivity contribution in [2.45, 2.75) is 25.2 Å². The maximum atomic E-state index is 10.9. The van der Waals surface area contributed by atoms with Crippen LogP contribution in [-0.4, -0.2) is 15.7 Å². The summed E-state index contributed by atoms with van der Waals surface area (Å²) in [5, 5.41) is 10.9. The number of benzene rings is 1. The molecule has 1 atom stereocenters. The van der Waals surface area contributed by atoms with Crippen LogP contribution in [0.4, 0.5) is 0 Å². The first-order valence-corrected chi connectivity index (χ1v) is 6.14. The van der Waals surface area contributed by atoms with Crippen molar-refractivity contribution in [1.82, 2.24) is 4.98 Å². The lowest BCUT2D eigenvalue weighted by Crippen LogP contribution is -2.58. The van der Waals surface area contributed by atoms with Gasteiger partial charge in [-0.1, -0.05) is 18.2 Å². The Bertz CT molecular complexity index is 597. The highest BCUT2D eigenvalue weighted by molar-refractivity contribution is 5.43. The van der Waals surface area contributed by atoms with Gasteiger partial charge in [0.05, 0.1) is 0 Å². The van der Waals surface area contributed by atoms with Crippen molar-refractivity contribution in [2.75, 3.05) is 0 Å². The van der Waals surface area contributed by atoms with Crippen LogP contribution in [0.2, 0.25) is 0 Å². The molecule has 1 aliphatic heterocycles. The number of aromatic nitrogens is 1. The summed E-state index contributed by atoms with van der Waals surface area (Å²) in [6.45, 7) is 3.55. The lowest BCUT2D eigenvalue weighted by atomic mass is 9.92. The van der Waals surface area contributed by atoms with Crippen LogP contribution in [0.3, 0.4) is 0 Å². The molecule has 1 N–H and O–H groups in total. The third-order valence-corrected chi connectivity index (χ3v) is 3.30. The molecule has 2 aromatic rings. The van der Waals surface area contributed by atoms with Crippen LogP contribution in [0.15, 0.2) is 48.7 Å². The molecule has 0 fully saturated rings. The summed E-state index contributed by atoms with van der Waals surface area (Å²) in [6.07, 6.45) is 1.62. The van der Waals surface area contributed by atoms with Crippen LogP contribution < -0.4 is 9.47 Å². The number of nitrogens with zero attached hydrogens (tertiary/aromatic N) is 1. The Hall–Kier alpha value is -2.07. The first-order chi connectivity index (χ1) is 9.03. The summed E-state index contributed by atoms with van der Waals surface area (Å²) >= 11 is 0. The largest absolute Gasteiger partial charge is 0.477 e. The number of pyridine rings is 1. The molecule has 0 aliphatic carbocycles. The lowest BCUT2D eigenvalue weighted by Gasteiger charge is -2.45.